The molecule has 0 aliphatic carbocycles. The molecule has 0 saturated carbocycles. The van der Waals surface area contributed by atoms with Crippen molar-refractivity contribution >= 4 is 5.69 Å². The lowest BCUT2D eigenvalue weighted by Gasteiger charge is -2.38. The number of ether oxygens (including phenoxy) is 4. The third-order valence-corrected chi connectivity index (χ3v) is 8.06. The first-order valence-corrected chi connectivity index (χ1v) is 14.3. The molecule has 0 spiro atoms. The summed E-state index contributed by atoms with van der Waals surface area (Å²) < 4.78 is 25.2. The fraction of sp³-hybridized carbons (Fsp3) is 0.567. The summed E-state index contributed by atoms with van der Waals surface area (Å²) in [6.45, 7) is 8.74. The molecule has 0 amide bonds. The number of fused-ring (bicyclic) bond motifs is 1. The van der Waals surface area contributed by atoms with Crippen molar-refractivity contribution in [3.05, 3.63) is 59.4 Å². The van der Waals surface area contributed by atoms with Gasteiger partial charge in [0, 0.05) is 38.8 Å². The van der Waals surface area contributed by atoms with Crippen molar-refractivity contribution in [3.8, 4) is 11.5 Å². The number of benzene rings is 2. The van der Waals surface area contributed by atoms with E-state index in [1.807, 2.05) is 23.7 Å². The highest BCUT2D eigenvalue weighted by Crippen LogP contribution is 2.36. The predicted molar refractivity (Wildman–Crippen MR) is 153 cm³/mol. The van der Waals surface area contributed by atoms with Crippen molar-refractivity contribution < 1.29 is 18.9 Å². The number of tetrazole rings is 1. The first-order chi connectivity index (χ1) is 19.6. The van der Waals surface area contributed by atoms with Gasteiger partial charge in [0.2, 0.25) is 0 Å². The van der Waals surface area contributed by atoms with Gasteiger partial charge in [-0.25, -0.2) is 4.68 Å². The van der Waals surface area contributed by atoms with Gasteiger partial charge < -0.3 is 29.2 Å². The molecule has 1 aromatic heterocycles. The number of methoxy groups -OCH3 is 2. The van der Waals surface area contributed by atoms with E-state index in [2.05, 4.69) is 63.0 Å². The van der Waals surface area contributed by atoms with E-state index in [0.717, 1.165) is 74.1 Å². The number of hydrogen-bond donors (Lipinski definition) is 1. The van der Waals surface area contributed by atoms with Gasteiger partial charge in [0.1, 0.15) is 23.9 Å². The normalized spacial score (nSPS) is 21.5. The summed E-state index contributed by atoms with van der Waals surface area (Å²) in [7, 11) is 3.45. The Bertz CT molecular complexity index is 1220. The summed E-state index contributed by atoms with van der Waals surface area (Å²) in [5.41, 5.74) is 3.56. The number of hydrogen-bond acceptors (Lipinski definition) is 9. The SMILES string of the molecule is COCCCN1CCOc2ccc(CO[C@H]3CN[C@@H](C[C@@H](C)n4nnnc4C)C[C@@H]3c3ccc(OC)cc3)cc21. The molecule has 2 aliphatic heterocycles. The van der Waals surface area contributed by atoms with Gasteiger partial charge in [0.05, 0.1) is 38.1 Å². The van der Waals surface area contributed by atoms with Crippen LogP contribution in [0.3, 0.4) is 0 Å². The van der Waals surface area contributed by atoms with Crippen LogP contribution in [0.2, 0.25) is 0 Å². The minimum atomic E-state index is 0.0415. The molecule has 4 atom stereocenters. The number of aryl methyl sites for hydroxylation is 1. The van der Waals surface area contributed by atoms with Crippen molar-refractivity contribution in [2.45, 2.75) is 63.8 Å². The Morgan fingerprint density at radius 2 is 2.00 bits per heavy atom. The van der Waals surface area contributed by atoms with Gasteiger partial charge in [0.25, 0.3) is 0 Å². The van der Waals surface area contributed by atoms with Crippen LogP contribution in [-0.2, 0) is 16.1 Å². The second kappa shape index (κ2) is 13.4. The minimum absolute atomic E-state index is 0.0415. The molecule has 2 aromatic carbocycles. The van der Waals surface area contributed by atoms with Crippen molar-refractivity contribution in [2.24, 2.45) is 0 Å². The summed E-state index contributed by atoms with van der Waals surface area (Å²) in [5.74, 6) is 2.90. The number of aromatic nitrogens is 4. The number of nitrogens with one attached hydrogen (secondary N) is 1. The number of rotatable bonds is 12. The molecule has 0 radical (unpaired) electrons. The monoisotopic (exact) mass is 550 g/mol. The molecule has 40 heavy (non-hydrogen) atoms. The number of nitrogens with zero attached hydrogens (tertiary/aromatic N) is 5. The molecule has 10 nitrogen and oxygen atoms in total. The van der Waals surface area contributed by atoms with Crippen LogP contribution in [0.4, 0.5) is 5.69 Å². The molecular weight excluding hydrogens is 508 g/mol. The fourth-order valence-corrected chi connectivity index (χ4v) is 5.92. The van der Waals surface area contributed by atoms with Gasteiger partial charge >= 0.3 is 0 Å². The van der Waals surface area contributed by atoms with E-state index < -0.39 is 0 Å². The van der Waals surface area contributed by atoms with Crippen molar-refractivity contribution in [1.82, 2.24) is 25.5 Å². The number of piperidine rings is 1. The molecule has 1 saturated heterocycles. The fourth-order valence-electron chi connectivity index (χ4n) is 5.92. The summed E-state index contributed by atoms with van der Waals surface area (Å²) in [6.07, 6.45) is 2.93. The van der Waals surface area contributed by atoms with Crippen LogP contribution in [0.1, 0.15) is 55.1 Å². The zero-order valence-corrected chi connectivity index (χ0v) is 24.1. The van der Waals surface area contributed by atoms with Gasteiger partial charge in [-0.3, -0.25) is 0 Å². The molecule has 0 bridgehead atoms. The highest BCUT2D eigenvalue weighted by Gasteiger charge is 2.33. The number of anilines is 1. The largest absolute Gasteiger partial charge is 0.497 e. The average molecular weight is 551 g/mol. The van der Waals surface area contributed by atoms with Crippen molar-refractivity contribution in [3.63, 3.8) is 0 Å². The smallest absolute Gasteiger partial charge is 0.148 e. The summed E-state index contributed by atoms with van der Waals surface area (Å²) >= 11 is 0. The maximum absolute atomic E-state index is 6.65. The van der Waals surface area contributed by atoms with Crippen LogP contribution in [0.15, 0.2) is 42.5 Å². The Morgan fingerprint density at radius 3 is 2.75 bits per heavy atom. The second-order valence-electron chi connectivity index (χ2n) is 10.8. The first-order valence-electron chi connectivity index (χ1n) is 14.3. The van der Waals surface area contributed by atoms with Gasteiger partial charge in [-0.2, -0.15) is 0 Å². The van der Waals surface area contributed by atoms with Crippen molar-refractivity contribution in [1.29, 1.82) is 0 Å². The standard InChI is InChI=1S/C30H42N6O4/c1-21(36-22(2)32-33-34-36)16-25-18-27(24-7-9-26(38-4)10-8-24)30(19-31-25)40-20-23-6-11-29-28(17-23)35(13-15-39-29)12-5-14-37-3/h6-11,17,21,25,27,30-31H,5,12-16,18-20H2,1-4H3/t21-,25+,27-,30+/m1/s1. The first kappa shape index (κ1) is 28.3. The van der Waals surface area contributed by atoms with E-state index in [9.17, 15) is 0 Å². The van der Waals surface area contributed by atoms with Crippen LogP contribution in [0.5, 0.6) is 11.5 Å². The maximum atomic E-state index is 6.65. The van der Waals surface area contributed by atoms with Crippen LogP contribution in [0, 0.1) is 6.92 Å². The molecule has 1 fully saturated rings. The lowest BCUT2D eigenvalue weighted by Crippen LogP contribution is -2.47. The summed E-state index contributed by atoms with van der Waals surface area (Å²) in [4.78, 5) is 2.39. The van der Waals surface area contributed by atoms with Crippen LogP contribution in [-0.4, -0.2) is 79.4 Å². The summed E-state index contributed by atoms with van der Waals surface area (Å²) in [6, 6.07) is 15.4. The molecular formula is C30H42N6O4. The van der Waals surface area contributed by atoms with Crippen LogP contribution < -0.4 is 19.7 Å². The minimum Gasteiger partial charge on any atom is -0.497 e. The van der Waals surface area contributed by atoms with Gasteiger partial charge in [0.15, 0.2) is 0 Å². The quantitative estimate of drug-likeness (QED) is 0.337. The van der Waals surface area contributed by atoms with E-state index in [1.54, 1.807) is 14.2 Å². The van der Waals surface area contributed by atoms with E-state index >= 15 is 0 Å². The Balaban J connectivity index is 1.28. The Morgan fingerprint density at radius 1 is 1.15 bits per heavy atom. The lowest BCUT2D eigenvalue weighted by atomic mass is 9.82. The summed E-state index contributed by atoms with van der Waals surface area (Å²) in [5, 5.41) is 15.8. The van der Waals surface area contributed by atoms with Gasteiger partial charge in [-0.05, 0) is 78.9 Å². The van der Waals surface area contributed by atoms with E-state index in [0.29, 0.717) is 19.3 Å². The molecule has 10 heteroatoms. The van der Waals surface area contributed by atoms with Crippen LogP contribution in [0.25, 0.3) is 0 Å². The van der Waals surface area contributed by atoms with Crippen molar-refractivity contribution in [2.75, 3.05) is 52.0 Å². The third kappa shape index (κ3) is 6.74. The highest BCUT2D eigenvalue weighted by atomic mass is 16.5. The van der Waals surface area contributed by atoms with E-state index in [4.69, 9.17) is 18.9 Å². The molecule has 216 valence electrons. The highest BCUT2D eigenvalue weighted by molar-refractivity contribution is 5.61. The molecule has 2 aliphatic rings. The van der Waals surface area contributed by atoms with E-state index in [1.165, 1.54) is 5.56 Å². The maximum Gasteiger partial charge on any atom is 0.148 e. The molecule has 3 heterocycles. The van der Waals surface area contributed by atoms with Crippen LogP contribution >= 0.6 is 0 Å². The molecule has 3 aromatic rings. The second-order valence-corrected chi connectivity index (χ2v) is 10.8. The average Bonchev–Trinajstić information content (AvgIpc) is 3.42. The van der Waals surface area contributed by atoms with Gasteiger partial charge in [-0.15, -0.1) is 5.10 Å². The zero-order valence-electron chi connectivity index (χ0n) is 24.1. The third-order valence-electron chi connectivity index (χ3n) is 8.06. The Labute approximate surface area is 236 Å². The lowest BCUT2D eigenvalue weighted by molar-refractivity contribution is 0.00121. The Hall–Kier alpha value is -3.21. The topological polar surface area (TPSA) is 95.8 Å². The van der Waals surface area contributed by atoms with Gasteiger partial charge in [-0.1, -0.05) is 18.2 Å². The predicted octanol–water partition coefficient (Wildman–Crippen LogP) is 3.91. The Kier molecular flexibility index (Phi) is 9.51. The molecule has 5 rings (SSSR count). The van der Waals surface area contributed by atoms with E-state index in [-0.39, 0.29) is 18.1 Å². The zero-order chi connectivity index (χ0) is 27.9. The molecule has 0 unspecified atom stereocenters. The molecule has 1 N–H and O–H groups in total.